The van der Waals surface area contributed by atoms with E-state index < -0.39 is 0 Å². The van der Waals surface area contributed by atoms with Crippen molar-refractivity contribution >= 4 is 73.4 Å². The number of nitrogens with zero attached hydrogens (tertiary/aromatic N) is 1. The molecule has 0 saturated carbocycles. The van der Waals surface area contributed by atoms with Gasteiger partial charge in [-0.15, -0.1) is 11.8 Å². The smallest absolute Gasteiger partial charge is 0.180 e. The molecule has 0 aliphatic carbocycles. The summed E-state index contributed by atoms with van der Waals surface area (Å²) in [5.74, 6) is 0. The fourth-order valence-corrected chi connectivity index (χ4v) is 5.73. The largest absolute Gasteiger partial charge is 0.375 e. The quantitative estimate of drug-likeness (QED) is 0.574. The lowest BCUT2D eigenvalue weighted by molar-refractivity contribution is 0.631. The fraction of sp³-hybridized carbons (Fsp3) is 0.308. The number of benzene rings is 1. The number of rotatable bonds is 2. The molecular weight excluding hydrogens is 516 g/mol. The monoisotopic (exact) mass is 529 g/mol. The van der Waals surface area contributed by atoms with E-state index in [4.69, 9.17) is 5.73 Å². The summed E-state index contributed by atoms with van der Waals surface area (Å²) in [5, 5.41) is 4.51. The number of nitrogen functional groups attached to an aromatic ring is 1. The van der Waals surface area contributed by atoms with Crippen molar-refractivity contribution in [3.05, 3.63) is 35.4 Å². The number of halogens is 2. The number of anilines is 1. The van der Waals surface area contributed by atoms with Crippen molar-refractivity contribution in [2.24, 2.45) is 0 Å². The highest BCUT2D eigenvalue weighted by atomic mass is 127. The lowest BCUT2D eigenvalue weighted by atomic mass is 10.2. The molecule has 0 fully saturated rings. The molecule has 1 aliphatic heterocycles. The Kier molecular flexibility index (Phi) is 4.80. The SMILES string of the molecule is Cc1cc(SC2NCCc3nc(N)sc32)cc(I)c1I. The van der Waals surface area contributed by atoms with E-state index in [-0.39, 0.29) is 5.37 Å². The Balaban J connectivity index is 1.89. The van der Waals surface area contributed by atoms with Crippen LogP contribution in [0.5, 0.6) is 0 Å². The Morgan fingerprint density at radius 3 is 3.00 bits per heavy atom. The second-order valence-corrected chi connectivity index (χ2v) is 9.08. The summed E-state index contributed by atoms with van der Waals surface area (Å²) in [7, 11) is 0. The van der Waals surface area contributed by atoms with Crippen molar-refractivity contribution in [3.8, 4) is 0 Å². The summed E-state index contributed by atoms with van der Waals surface area (Å²) in [6.07, 6.45) is 0.976. The Morgan fingerprint density at radius 2 is 2.25 bits per heavy atom. The van der Waals surface area contributed by atoms with Crippen LogP contribution in [0.15, 0.2) is 17.0 Å². The van der Waals surface area contributed by atoms with Gasteiger partial charge in [-0.3, -0.25) is 0 Å². The average molecular weight is 529 g/mol. The number of aryl methyl sites for hydroxylation is 1. The van der Waals surface area contributed by atoms with E-state index in [0.717, 1.165) is 13.0 Å². The third-order valence-corrected chi connectivity index (χ3v) is 8.71. The molecule has 3 nitrogen and oxygen atoms in total. The van der Waals surface area contributed by atoms with Gasteiger partial charge in [0.05, 0.1) is 15.9 Å². The van der Waals surface area contributed by atoms with Crippen LogP contribution in [0, 0.1) is 14.1 Å². The van der Waals surface area contributed by atoms with Gasteiger partial charge in [0.25, 0.3) is 0 Å². The van der Waals surface area contributed by atoms with Crippen molar-refractivity contribution in [2.75, 3.05) is 12.3 Å². The number of thiazole rings is 1. The first-order valence-electron chi connectivity index (χ1n) is 6.15. The van der Waals surface area contributed by atoms with Gasteiger partial charge in [-0.25, -0.2) is 4.98 Å². The van der Waals surface area contributed by atoms with Crippen molar-refractivity contribution in [3.63, 3.8) is 0 Å². The average Bonchev–Trinajstić information content (AvgIpc) is 2.77. The van der Waals surface area contributed by atoms with Crippen LogP contribution >= 0.6 is 68.3 Å². The molecule has 1 aromatic carbocycles. The zero-order valence-corrected chi connectivity index (χ0v) is 16.7. The maximum atomic E-state index is 5.85. The minimum Gasteiger partial charge on any atom is -0.375 e. The molecule has 0 radical (unpaired) electrons. The summed E-state index contributed by atoms with van der Waals surface area (Å²) in [6.45, 7) is 3.13. The van der Waals surface area contributed by atoms with Crippen LogP contribution in [-0.2, 0) is 6.42 Å². The van der Waals surface area contributed by atoms with Crippen LogP contribution in [0.3, 0.4) is 0 Å². The highest BCUT2D eigenvalue weighted by molar-refractivity contribution is 14.1. The molecule has 0 bridgehead atoms. The molecule has 20 heavy (non-hydrogen) atoms. The topological polar surface area (TPSA) is 50.9 Å². The van der Waals surface area contributed by atoms with Gasteiger partial charge in [0.1, 0.15) is 0 Å². The van der Waals surface area contributed by atoms with Crippen LogP contribution in [0.25, 0.3) is 0 Å². The van der Waals surface area contributed by atoms with Gasteiger partial charge < -0.3 is 11.1 Å². The standard InChI is InChI=1S/C13H13I2N3S2/c1-6-4-7(5-8(14)10(6)15)19-12-11-9(2-3-17-12)18-13(16)20-11/h4-5,12,17H,2-3H2,1H3,(H2,16,18). The number of thioether (sulfide) groups is 1. The lowest BCUT2D eigenvalue weighted by Crippen LogP contribution is -2.26. The third kappa shape index (κ3) is 3.11. The van der Waals surface area contributed by atoms with Crippen LogP contribution < -0.4 is 11.1 Å². The summed E-state index contributed by atoms with van der Waals surface area (Å²) < 4.78 is 2.65. The molecule has 7 heteroatoms. The van der Waals surface area contributed by atoms with E-state index in [1.54, 1.807) is 11.3 Å². The fourth-order valence-electron chi connectivity index (χ4n) is 2.18. The highest BCUT2D eigenvalue weighted by Gasteiger charge is 2.24. The lowest BCUT2D eigenvalue weighted by Gasteiger charge is -2.22. The zero-order valence-electron chi connectivity index (χ0n) is 10.7. The van der Waals surface area contributed by atoms with E-state index in [9.17, 15) is 0 Å². The van der Waals surface area contributed by atoms with Crippen molar-refractivity contribution in [1.82, 2.24) is 10.3 Å². The molecule has 0 saturated heterocycles. The van der Waals surface area contributed by atoms with Gasteiger partial charge >= 0.3 is 0 Å². The van der Waals surface area contributed by atoms with E-state index in [2.05, 4.69) is 74.5 Å². The van der Waals surface area contributed by atoms with Crippen LogP contribution in [0.1, 0.15) is 21.5 Å². The van der Waals surface area contributed by atoms with E-state index in [1.165, 1.54) is 28.2 Å². The first-order valence-corrected chi connectivity index (χ1v) is 10.0. The first kappa shape index (κ1) is 15.3. The van der Waals surface area contributed by atoms with Gasteiger partial charge in [0, 0.05) is 25.0 Å². The molecule has 2 heterocycles. The molecule has 1 aromatic heterocycles. The zero-order chi connectivity index (χ0) is 14.3. The molecule has 0 spiro atoms. The van der Waals surface area contributed by atoms with E-state index >= 15 is 0 Å². The van der Waals surface area contributed by atoms with Gasteiger partial charge in [-0.2, -0.15) is 0 Å². The molecule has 1 atom stereocenters. The molecule has 2 aromatic rings. The normalized spacial score (nSPS) is 18.1. The summed E-state index contributed by atoms with van der Waals surface area (Å²) in [6, 6.07) is 4.51. The van der Waals surface area contributed by atoms with Crippen molar-refractivity contribution < 1.29 is 0 Å². The maximum absolute atomic E-state index is 5.85. The molecule has 1 unspecified atom stereocenters. The van der Waals surface area contributed by atoms with Crippen molar-refractivity contribution in [1.29, 1.82) is 0 Å². The molecule has 106 valence electrons. The summed E-state index contributed by atoms with van der Waals surface area (Å²) in [4.78, 5) is 7.01. The molecular formula is C13H13I2N3S2. The number of aromatic nitrogens is 1. The predicted molar refractivity (Wildman–Crippen MR) is 103 cm³/mol. The van der Waals surface area contributed by atoms with Gasteiger partial charge in [-0.05, 0) is 69.8 Å². The minimum atomic E-state index is 0.267. The molecule has 1 aliphatic rings. The number of hydrogen-bond donors (Lipinski definition) is 2. The maximum Gasteiger partial charge on any atom is 0.180 e. The number of fused-ring (bicyclic) bond motifs is 1. The predicted octanol–water partition coefficient (Wildman–Crippen LogP) is 4.18. The summed E-state index contributed by atoms with van der Waals surface area (Å²) >= 11 is 8.27. The third-order valence-electron chi connectivity index (χ3n) is 3.11. The van der Waals surface area contributed by atoms with E-state index in [1.807, 2.05) is 11.8 Å². The van der Waals surface area contributed by atoms with Gasteiger partial charge in [-0.1, -0.05) is 11.3 Å². The molecule has 0 amide bonds. The Morgan fingerprint density at radius 1 is 1.45 bits per heavy atom. The Bertz CT molecular complexity index is 634. The Labute approximate surface area is 153 Å². The second kappa shape index (κ2) is 6.27. The summed E-state index contributed by atoms with van der Waals surface area (Å²) in [5.41, 5.74) is 8.35. The second-order valence-electron chi connectivity index (χ2n) is 4.60. The minimum absolute atomic E-state index is 0.267. The van der Waals surface area contributed by atoms with Crippen LogP contribution in [-0.4, -0.2) is 11.5 Å². The van der Waals surface area contributed by atoms with Gasteiger partial charge in [0.2, 0.25) is 0 Å². The molecule has 3 N–H and O–H groups in total. The van der Waals surface area contributed by atoms with Crippen LogP contribution in [0.4, 0.5) is 5.13 Å². The van der Waals surface area contributed by atoms with Gasteiger partial charge in [0.15, 0.2) is 5.13 Å². The highest BCUT2D eigenvalue weighted by Crippen LogP contribution is 2.41. The number of hydrogen-bond acceptors (Lipinski definition) is 5. The number of nitrogens with two attached hydrogens (primary N) is 1. The molecule has 3 rings (SSSR count). The van der Waals surface area contributed by atoms with Crippen LogP contribution in [0.2, 0.25) is 0 Å². The number of nitrogens with one attached hydrogen (secondary N) is 1. The Hall–Kier alpha value is 0.420. The van der Waals surface area contributed by atoms with E-state index in [0.29, 0.717) is 5.13 Å². The first-order chi connectivity index (χ1) is 9.54. The van der Waals surface area contributed by atoms with Crippen molar-refractivity contribution in [2.45, 2.75) is 23.6 Å².